The number of fused-ring (bicyclic) bond motifs is 1. The van der Waals surface area contributed by atoms with E-state index in [0.717, 1.165) is 16.7 Å². The van der Waals surface area contributed by atoms with Gasteiger partial charge in [-0.1, -0.05) is 12.1 Å². The summed E-state index contributed by atoms with van der Waals surface area (Å²) in [6, 6.07) is 8.16. The number of nitrogens with zero attached hydrogens (tertiary/aromatic N) is 2. The number of rotatable bonds is 4. The number of hydrogen-bond acceptors (Lipinski definition) is 4. The minimum absolute atomic E-state index is 0.299. The molecule has 3 N–H and O–H groups in total. The van der Waals surface area contributed by atoms with Crippen molar-refractivity contribution >= 4 is 11.0 Å². The van der Waals surface area contributed by atoms with Crippen LogP contribution in [0.4, 0.5) is 0 Å². The van der Waals surface area contributed by atoms with Crippen LogP contribution in [-0.4, -0.2) is 22.6 Å². The molecule has 1 aromatic carbocycles. The largest absolute Gasteiger partial charge is 0.329 e. The normalized spacial score (nSPS) is 12.9. The smallest absolute Gasteiger partial charge is 0.0890 e. The zero-order chi connectivity index (χ0) is 11.4. The molecule has 1 unspecified atom stereocenters. The molecule has 0 amide bonds. The van der Waals surface area contributed by atoms with Gasteiger partial charge in [-0.15, -0.1) is 0 Å². The van der Waals surface area contributed by atoms with Gasteiger partial charge in [0.15, 0.2) is 0 Å². The summed E-state index contributed by atoms with van der Waals surface area (Å²) in [5.74, 6) is 0. The number of hydrogen-bond donors (Lipinski definition) is 2. The molecule has 16 heavy (non-hydrogen) atoms. The van der Waals surface area contributed by atoms with Crippen molar-refractivity contribution in [3.05, 3.63) is 36.2 Å². The first-order chi connectivity index (χ1) is 7.79. The second-order valence-corrected chi connectivity index (χ2v) is 3.87. The molecule has 2 rings (SSSR count). The standard InChI is InChI=1S/C12H16N4/c1-9(6-13)14-7-10-8-15-11-4-2-3-5-12(11)16-10/h2-5,8-9,14H,6-7,13H2,1H3. The Labute approximate surface area is 94.9 Å². The van der Waals surface area contributed by atoms with E-state index < -0.39 is 0 Å². The van der Waals surface area contributed by atoms with Crippen molar-refractivity contribution in [3.8, 4) is 0 Å². The van der Waals surface area contributed by atoms with Crippen molar-refractivity contribution in [2.24, 2.45) is 5.73 Å². The molecule has 0 aliphatic carbocycles. The van der Waals surface area contributed by atoms with Crippen LogP contribution in [0.15, 0.2) is 30.5 Å². The molecule has 0 bridgehead atoms. The van der Waals surface area contributed by atoms with Crippen LogP contribution in [0.25, 0.3) is 11.0 Å². The average Bonchev–Trinajstić information content (AvgIpc) is 2.35. The van der Waals surface area contributed by atoms with Crippen LogP contribution >= 0.6 is 0 Å². The highest BCUT2D eigenvalue weighted by Crippen LogP contribution is 2.08. The molecule has 0 aliphatic heterocycles. The molecule has 4 heteroatoms. The van der Waals surface area contributed by atoms with E-state index in [2.05, 4.69) is 22.2 Å². The summed E-state index contributed by atoms with van der Waals surface area (Å²) in [6.07, 6.45) is 1.80. The Morgan fingerprint density at radius 1 is 1.31 bits per heavy atom. The van der Waals surface area contributed by atoms with E-state index in [0.29, 0.717) is 19.1 Å². The Bertz CT molecular complexity index is 469. The molecular weight excluding hydrogens is 200 g/mol. The third kappa shape index (κ3) is 2.53. The molecule has 2 aromatic rings. The third-order valence-corrected chi connectivity index (χ3v) is 2.48. The van der Waals surface area contributed by atoms with Crippen molar-refractivity contribution in [3.63, 3.8) is 0 Å². The van der Waals surface area contributed by atoms with Gasteiger partial charge < -0.3 is 11.1 Å². The minimum atomic E-state index is 0.299. The van der Waals surface area contributed by atoms with Crippen molar-refractivity contribution in [1.29, 1.82) is 0 Å². The first-order valence-corrected chi connectivity index (χ1v) is 5.43. The lowest BCUT2D eigenvalue weighted by molar-refractivity contribution is 0.550. The van der Waals surface area contributed by atoms with Gasteiger partial charge in [0, 0.05) is 19.1 Å². The number of nitrogens with one attached hydrogen (secondary N) is 1. The summed E-state index contributed by atoms with van der Waals surface area (Å²) >= 11 is 0. The van der Waals surface area contributed by atoms with Gasteiger partial charge in [0.25, 0.3) is 0 Å². The lowest BCUT2D eigenvalue weighted by atomic mass is 10.3. The second kappa shape index (κ2) is 5.01. The first-order valence-electron chi connectivity index (χ1n) is 5.43. The van der Waals surface area contributed by atoms with E-state index in [1.165, 1.54) is 0 Å². The van der Waals surface area contributed by atoms with Crippen LogP contribution in [-0.2, 0) is 6.54 Å². The maximum absolute atomic E-state index is 5.53. The number of nitrogens with two attached hydrogens (primary N) is 1. The monoisotopic (exact) mass is 216 g/mol. The van der Waals surface area contributed by atoms with E-state index in [1.54, 1.807) is 6.20 Å². The Hall–Kier alpha value is -1.52. The first kappa shape index (κ1) is 11.0. The van der Waals surface area contributed by atoms with Crippen molar-refractivity contribution in [1.82, 2.24) is 15.3 Å². The van der Waals surface area contributed by atoms with Crippen LogP contribution in [0.5, 0.6) is 0 Å². The van der Waals surface area contributed by atoms with Crippen LogP contribution in [0.3, 0.4) is 0 Å². The Balaban J connectivity index is 2.13. The van der Waals surface area contributed by atoms with Gasteiger partial charge in [-0.2, -0.15) is 0 Å². The summed E-state index contributed by atoms with van der Waals surface area (Å²) in [6.45, 7) is 3.38. The lowest BCUT2D eigenvalue weighted by Crippen LogP contribution is -2.32. The van der Waals surface area contributed by atoms with Crippen LogP contribution < -0.4 is 11.1 Å². The molecule has 0 aliphatic rings. The SMILES string of the molecule is CC(CN)NCc1cnc2ccccc2n1. The fourth-order valence-electron chi connectivity index (χ4n) is 1.44. The highest BCUT2D eigenvalue weighted by atomic mass is 14.9. The fourth-order valence-corrected chi connectivity index (χ4v) is 1.44. The van der Waals surface area contributed by atoms with Crippen LogP contribution in [0, 0.1) is 0 Å². The third-order valence-electron chi connectivity index (χ3n) is 2.48. The number of para-hydroxylation sites is 2. The highest BCUT2D eigenvalue weighted by Gasteiger charge is 2.01. The Kier molecular flexibility index (Phi) is 3.44. The predicted octanol–water partition coefficient (Wildman–Crippen LogP) is 1.07. The summed E-state index contributed by atoms with van der Waals surface area (Å²) in [4.78, 5) is 8.87. The Morgan fingerprint density at radius 3 is 2.81 bits per heavy atom. The molecule has 0 fully saturated rings. The highest BCUT2D eigenvalue weighted by molar-refractivity contribution is 5.73. The maximum Gasteiger partial charge on any atom is 0.0890 e. The predicted molar refractivity (Wildman–Crippen MR) is 64.9 cm³/mol. The average molecular weight is 216 g/mol. The summed E-state index contributed by atoms with van der Waals surface area (Å²) in [5, 5.41) is 3.29. The molecular formula is C12H16N4. The van der Waals surface area contributed by atoms with Gasteiger partial charge in [-0.3, -0.25) is 4.98 Å². The van der Waals surface area contributed by atoms with E-state index >= 15 is 0 Å². The number of benzene rings is 1. The fraction of sp³-hybridized carbons (Fsp3) is 0.333. The van der Waals surface area contributed by atoms with E-state index in [1.807, 2.05) is 24.3 Å². The lowest BCUT2D eigenvalue weighted by Gasteiger charge is -2.10. The molecule has 1 heterocycles. The molecule has 0 radical (unpaired) electrons. The van der Waals surface area contributed by atoms with Gasteiger partial charge in [0.05, 0.1) is 22.9 Å². The molecule has 0 spiro atoms. The maximum atomic E-state index is 5.53. The molecule has 84 valence electrons. The van der Waals surface area contributed by atoms with Crippen LogP contribution in [0.1, 0.15) is 12.6 Å². The topological polar surface area (TPSA) is 63.8 Å². The molecule has 0 saturated heterocycles. The van der Waals surface area contributed by atoms with Crippen LogP contribution in [0.2, 0.25) is 0 Å². The van der Waals surface area contributed by atoms with Gasteiger partial charge >= 0.3 is 0 Å². The van der Waals surface area contributed by atoms with Gasteiger partial charge in [-0.25, -0.2) is 4.98 Å². The minimum Gasteiger partial charge on any atom is -0.329 e. The number of aromatic nitrogens is 2. The van der Waals surface area contributed by atoms with E-state index in [4.69, 9.17) is 5.73 Å². The molecule has 0 saturated carbocycles. The van der Waals surface area contributed by atoms with Gasteiger partial charge in [-0.05, 0) is 19.1 Å². The molecule has 1 atom stereocenters. The molecule has 1 aromatic heterocycles. The van der Waals surface area contributed by atoms with Crippen molar-refractivity contribution < 1.29 is 0 Å². The Morgan fingerprint density at radius 2 is 2.06 bits per heavy atom. The van der Waals surface area contributed by atoms with E-state index in [9.17, 15) is 0 Å². The van der Waals surface area contributed by atoms with Crippen molar-refractivity contribution in [2.45, 2.75) is 19.5 Å². The summed E-state index contributed by atoms with van der Waals surface area (Å²) < 4.78 is 0. The van der Waals surface area contributed by atoms with E-state index in [-0.39, 0.29) is 0 Å². The van der Waals surface area contributed by atoms with Gasteiger partial charge in [0.2, 0.25) is 0 Å². The summed E-state index contributed by atoms with van der Waals surface area (Å²) in [5.41, 5.74) is 8.33. The quantitative estimate of drug-likeness (QED) is 0.802. The second-order valence-electron chi connectivity index (χ2n) is 3.87. The molecule has 4 nitrogen and oxygen atoms in total. The zero-order valence-corrected chi connectivity index (χ0v) is 9.35. The summed E-state index contributed by atoms with van der Waals surface area (Å²) in [7, 11) is 0. The van der Waals surface area contributed by atoms with Gasteiger partial charge in [0.1, 0.15) is 0 Å². The van der Waals surface area contributed by atoms with Crippen molar-refractivity contribution in [2.75, 3.05) is 6.54 Å². The zero-order valence-electron chi connectivity index (χ0n) is 9.35.